The van der Waals surface area contributed by atoms with E-state index in [0.29, 0.717) is 56.4 Å². The van der Waals surface area contributed by atoms with E-state index in [4.69, 9.17) is 5.11 Å². The molecule has 1 aromatic heterocycles. The highest BCUT2D eigenvalue weighted by molar-refractivity contribution is 5.85. The molecule has 0 bridgehead atoms. The lowest BCUT2D eigenvalue weighted by molar-refractivity contribution is -0.138. The number of aromatic nitrogens is 1. The summed E-state index contributed by atoms with van der Waals surface area (Å²) in [5.74, 6) is -1.67. The van der Waals surface area contributed by atoms with Crippen LogP contribution in [-0.4, -0.2) is 39.8 Å². The highest BCUT2D eigenvalue weighted by Crippen LogP contribution is 2.45. The van der Waals surface area contributed by atoms with E-state index in [1.807, 2.05) is 11.0 Å². The van der Waals surface area contributed by atoms with Crippen molar-refractivity contribution < 1.29 is 27.5 Å². The molecule has 0 spiro atoms. The SMILES string of the molecule is Cn1c(=O)c([C@@H]2CCc3c(CCC(=O)O)cccc32)c(C(F)(F)F)c2cc(CN3CCC(F)CC3)ccc21. The lowest BCUT2D eigenvalue weighted by Crippen LogP contribution is -2.34. The monoisotopic (exact) mass is 530 g/mol. The number of hydrogen-bond donors (Lipinski definition) is 1. The fraction of sp³-hybridized carbons (Fsp3) is 0.448. The predicted molar refractivity (Wildman–Crippen MR) is 136 cm³/mol. The molecule has 0 amide bonds. The largest absolute Gasteiger partial charge is 0.481 e. The molecule has 1 fully saturated rings. The zero-order valence-corrected chi connectivity index (χ0v) is 21.2. The lowest BCUT2D eigenvalue weighted by atomic mass is 9.87. The first kappa shape index (κ1) is 26.4. The fourth-order valence-electron chi connectivity index (χ4n) is 6.17. The van der Waals surface area contributed by atoms with Crippen molar-refractivity contribution in [2.45, 2.75) is 63.3 Å². The second-order valence-corrected chi connectivity index (χ2v) is 10.4. The van der Waals surface area contributed by atoms with Crippen LogP contribution >= 0.6 is 0 Å². The maximum Gasteiger partial charge on any atom is 0.417 e. The normalized spacial score (nSPS) is 18.7. The predicted octanol–water partition coefficient (Wildman–Crippen LogP) is 5.59. The van der Waals surface area contributed by atoms with Crippen molar-refractivity contribution in [3.05, 3.63) is 80.1 Å². The minimum atomic E-state index is -4.75. The number of benzene rings is 2. The third kappa shape index (κ3) is 4.96. The molecule has 1 aliphatic carbocycles. The van der Waals surface area contributed by atoms with Crippen molar-refractivity contribution in [2.24, 2.45) is 7.05 Å². The Balaban J connectivity index is 1.63. The second kappa shape index (κ2) is 10.2. The molecule has 202 valence electrons. The van der Waals surface area contributed by atoms with Crippen molar-refractivity contribution in [3.63, 3.8) is 0 Å². The van der Waals surface area contributed by atoms with Crippen LogP contribution in [-0.2, 0) is 37.4 Å². The number of nitrogens with zero attached hydrogens (tertiary/aromatic N) is 2. The molecule has 2 aromatic carbocycles. The molecule has 2 aliphatic rings. The Morgan fingerprint density at radius 1 is 1.11 bits per heavy atom. The maximum absolute atomic E-state index is 14.8. The highest BCUT2D eigenvalue weighted by atomic mass is 19.4. The second-order valence-electron chi connectivity index (χ2n) is 10.4. The van der Waals surface area contributed by atoms with Gasteiger partial charge in [-0.1, -0.05) is 24.3 Å². The summed E-state index contributed by atoms with van der Waals surface area (Å²) in [4.78, 5) is 26.7. The number of aliphatic carboxylic acids is 1. The van der Waals surface area contributed by atoms with Gasteiger partial charge in [-0.25, -0.2) is 4.39 Å². The van der Waals surface area contributed by atoms with Crippen molar-refractivity contribution in [1.29, 1.82) is 0 Å². The van der Waals surface area contributed by atoms with E-state index >= 15 is 0 Å². The van der Waals surface area contributed by atoms with Crippen LogP contribution in [0.4, 0.5) is 17.6 Å². The Kier molecular flexibility index (Phi) is 7.07. The summed E-state index contributed by atoms with van der Waals surface area (Å²) < 4.78 is 59.2. The van der Waals surface area contributed by atoms with Crippen LogP contribution in [0.2, 0.25) is 0 Å². The molecule has 1 saturated heterocycles. The van der Waals surface area contributed by atoms with Gasteiger partial charge in [-0.15, -0.1) is 0 Å². The summed E-state index contributed by atoms with van der Waals surface area (Å²) >= 11 is 0. The first-order valence-electron chi connectivity index (χ1n) is 13.0. The molecule has 0 radical (unpaired) electrons. The van der Waals surface area contributed by atoms with E-state index in [2.05, 4.69) is 0 Å². The van der Waals surface area contributed by atoms with Gasteiger partial charge in [-0.05, 0) is 66.5 Å². The molecule has 1 aliphatic heterocycles. The summed E-state index contributed by atoms with van der Waals surface area (Å²) in [7, 11) is 1.50. The fourth-order valence-corrected chi connectivity index (χ4v) is 6.17. The van der Waals surface area contributed by atoms with Crippen molar-refractivity contribution in [1.82, 2.24) is 9.47 Å². The number of rotatable bonds is 6. The quantitative estimate of drug-likeness (QED) is 0.423. The van der Waals surface area contributed by atoms with Crippen LogP contribution in [0.1, 0.15) is 65.0 Å². The molecule has 5 rings (SSSR count). The molecule has 1 atom stereocenters. The van der Waals surface area contributed by atoms with E-state index in [0.717, 1.165) is 11.1 Å². The number of carbonyl (C=O) groups is 1. The minimum Gasteiger partial charge on any atom is -0.481 e. The van der Waals surface area contributed by atoms with Gasteiger partial charge in [0, 0.05) is 50.0 Å². The molecule has 0 unspecified atom stereocenters. The van der Waals surface area contributed by atoms with Crippen LogP contribution in [0, 0.1) is 0 Å². The van der Waals surface area contributed by atoms with Crippen LogP contribution in [0.5, 0.6) is 0 Å². The van der Waals surface area contributed by atoms with Crippen molar-refractivity contribution in [3.8, 4) is 0 Å². The number of fused-ring (bicyclic) bond motifs is 2. The zero-order chi connectivity index (χ0) is 27.2. The maximum atomic E-state index is 14.8. The summed E-state index contributed by atoms with van der Waals surface area (Å²) in [5.41, 5.74) is 1.40. The van der Waals surface area contributed by atoms with Gasteiger partial charge in [0.2, 0.25) is 0 Å². The van der Waals surface area contributed by atoms with E-state index < -0.39 is 35.4 Å². The van der Waals surface area contributed by atoms with Gasteiger partial charge in [0.1, 0.15) is 6.17 Å². The number of aryl methyl sites for hydroxylation is 2. The van der Waals surface area contributed by atoms with Crippen molar-refractivity contribution in [2.75, 3.05) is 13.1 Å². The molecule has 3 aromatic rings. The number of carboxylic acids is 1. The summed E-state index contributed by atoms with van der Waals surface area (Å²) in [6.45, 7) is 1.51. The number of halogens is 4. The summed E-state index contributed by atoms with van der Waals surface area (Å²) in [6.07, 6.45) is -3.72. The standard InChI is InChI=1S/C29H30F4N2O3/c1-34-24-9-5-17(16-35-13-11-19(30)12-14-35)15-23(24)27(29(31,32)33)26(28(34)38)22-8-7-20-18(6-10-25(36)37)3-2-4-21(20)22/h2-5,9,15,19,22H,6-8,10-14,16H2,1H3,(H,36,37)/t22-/m1/s1. The topological polar surface area (TPSA) is 62.5 Å². The Morgan fingerprint density at radius 2 is 1.84 bits per heavy atom. The van der Waals surface area contributed by atoms with Crippen molar-refractivity contribution >= 4 is 16.9 Å². The van der Waals surface area contributed by atoms with Gasteiger partial charge in [-0.2, -0.15) is 13.2 Å². The van der Waals surface area contributed by atoms with Gasteiger partial charge in [0.15, 0.2) is 0 Å². The summed E-state index contributed by atoms with van der Waals surface area (Å²) in [5, 5.41) is 9.08. The smallest absolute Gasteiger partial charge is 0.417 e. The number of pyridine rings is 1. The van der Waals surface area contributed by atoms with Gasteiger partial charge < -0.3 is 9.67 Å². The van der Waals surface area contributed by atoms with Crippen LogP contribution in [0.25, 0.3) is 10.9 Å². The van der Waals surface area contributed by atoms with Gasteiger partial charge in [0.05, 0.1) is 11.1 Å². The number of alkyl halides is 4. The van der Waals surface area contributed by atoms with Gasteiger partial charge in [0.25, 0.3) is 5.56 Å². The Labute approximate surface area is 217 Å². The third-order valence-electron chi connectivity index (χ3n) is 8.03. The first-order valence-corrected chi connectivity index (χ1v) is 13.0. The average molecular weight is 531 g/mol. The summed E-state index contributed by atoms with van der Waals surface area (Å²) in [6, 6.07) is 10.1. The zero-order valence-electron chi connectivity index (χ0n) is 21.2. The molecule has 2 heterocycles. The van der Waals surface area contributed by atoms with E-state index in [1.165, 1.54) is 17.7 Å². The van der Waals surface area contributed by atoms with Gasteiger partial charge >= 0.3 is 12.1 Å². The average Bonchev–Trinajstić information content (AvgIpc) is 3.29. The van der Waals surface area contributed by atoms with E-state index in [1.54, 1.807) is 24.3 Å². The van der Waals surface area contributed by atoms with E-state index in [-0.39, 0.29) is 29.3 Å². The Hall–Kier alpha value is -3.20. The molecular weight excluding hydrogens is 500 g/mol. The molecule has 9 heteroatoms. The highest BCUT2D eigenvalue weighted by Gasteiger charge is 2.41. The number of piperidine rings is 1. The van der Waals surface area contributed by atoms with E-state index in [9.17, 15) is 27.2 Å². The Morgan fingerprint density at radius 3 is 2.53 bits per heavy atom. The molecular formula is C29H30F4N2O3. The molecule has 38 heavy (non-hydrogen) atoms. The number of carboxylic acid groups (broad SMARTS) is 1. The lowest BCUT2D eigenvalue weighted by Gasteiger charge is -2.29. The Bertz CT molecular complexity index is 1440. The molecule has 1 N–H and O–H groups in total. The minimum absolute atomic E-state index is 0.0111. The molecule has 0 saturated carbocycles. The number of likely N-dealkylation sites (tertiary alicyclic amines) is 1. The number of hydrogen-bond acceptors (Lipinski definition) is 3. The molecule has 5 nitrogen and oxygen atoms in total. The van der Waals surface area contributed by atoms with Crippen LogP contribution in [0.15, 0.2) is 41.2 Å². The van der Waals surface area contributed by atoms with Crippen LogP contribution in [0.3, 0.4) is 0 Å². The van der Waals surface area contributed by atoms with Crippen LogP contribution < -0.4 is 5.56 Å². The first-order chi connectivity index (χ1) is 18.0. The third-order valence-corrected chi connectivity index (χ3v) is 8.03. The van der Waals surface area contributed by atoms with Gasteiger partial charge in [-0.3, -0.25) is 14.5 Å².